The topological polar surface area (TPSA) is 119 Å². The molecule has 3 rings (SSSR count). The number of benzene rings is 1. The fourth-order valence-corrected chi connectivity index (χ4v) is 4.54. The Hall–Kier alpha value is -2.37. The Kier molecular flexibility index (Phi) is 5.77. The lowest BCUT2D eigenvalue weighted by atomic mass is 10.2. The molecule has 1 fully saturated rings. The Morgan fingerprint density at radius 3 is 2.43 bits per heavy atom. The average Bonchev–Trinajstić information content (AvgIpc) is 3.39. The Labute approximate surface area is 170 Å². The van der Waals surface area contributed by atoms with E-state index < -0.39 is 21.8 Å². The molecule has 0 unspecified atom stereocenters. The van der Waals surface area contributed by atoms with Crippen molar-refractivity contribution in [2.75, 3.05) is 7.11 Å². The molecule has 11 heteroatoms. The quantitative estimate of drug-likeness (QED) is 0.550. The molecule has 1 heterocycles. The van der Waals surface area contributed by atoms with Gasteiger partial charge in [0.05, 0.1) is 7.11 Å². The van der Waals surface area contributed by atoms with E-state index in [9.17, 15) is 18.0 Å². The highest BCUT2D eigenvalue weighted by Crippen LogP contribution is 2.28. The first kappa shape index (κ1) is 20.4. The third-order valence-corrected chi connectivity index (χ3v) is 6.08. The van der Waals surface area contributed by atoms with E-state index in [0.717, 1.165) is 17.3 Å². The molecule has 0 aliphatic heterocycles. The number of rotatable bonds is 6. The molecule has 1 aromatic heterocycles. The monoisotopic (exact) mass is 470 g/mol. The number of nitrogens with one attached hydrogen (secondary N) is 3. The summed E-state index contributed by atoms with van der Waals surface area (Å²) >= 11 is 3.27. The summed E-state index contributed by atoms with van der Waals surface area (Å²) in [7, 11) is -0.784. The third-order valence-electron chi connectivity index (χ3n) is 4.11. The summed E-state index contributed by atoms with van der Waals surface area (Å²) in [5.74, 6) is -1.05. The molecule has 150 valence electrons. The van der Waals surface area contributed by atoms with E-state index in [2.05, 4.69) is 31.5 Å². The summed E-state index contributed by atoms with van der Waals surface area (Å²) in [6.45, 7) is 0. The van der Waals surface area contributed by atoms with Crippen molar-refractivity contribution in [1.29, 1.82) is 0 Å². The molecule has 2 aromatic rings. The van der Waals surface area contributed by atoms with Crippen molar-refractivity contribution >= 4 is 37.8 Å². The van der Waals surface area contributed by atoms with Gasteiger partial charge >= 0.3 is 0 Å². The van der Waals surface area contributed by atoms with Crippen LogP contribution in [0.15, 0.2) is 39.8 Å². The first-order valence-corrected chi connectivity index (χ1v) is 10.6. The maximum atomic E-state index is 12.5. The number of hydrogen-bond acceptors (Lipinski definition) is 5. The van der Waals surface area contributed by atoms with Gasteiger partial charge in [0.15, 0.2) is 0 Å². The Balaban J connectivity index is 1.75. The van der Waals surface area contributed by atoms with Gasteiger partial charge in [-0.1, -0.05) is 0 Å². The Morgan fingerprint density at radius 1 is 1.18 bits per heavy atom. The lowest BCUT2D eigenvalue weighted by Crippen LogP contribution is -2.42. The molecule has 1 aliphatic carbocycles. The molecule has 0 bridgehead atoms. The number of methoxy groups -OCH3 is 1. The van der Waals surface area contributed by atoms with E-state index in [0.29, 0.717) is 5.69 Å². The number of halogens is 1. The van der Waals surface area contributed by atoms with Crippen LogP contribution in [0.1, 0.15) is 33.7 Å². The number of sulfonamides is 1. The van der Waals surface area contributed by atoms with Gasteiger partial charge in [-0.3, -0.25) is 20.4 Å². The van der Waals surface area contributed by atoms with Crippen LogP contribution in [0.25, 0.3) is 0 Å². The van der Waals surface area contributed by atoms with E-state index in [-0.39, 0.29) is 22.3 Å². The number of aryl methyl sites for hydroxylation is 1. The van der Waals surface area contributed by atoms with Crippen molar-refractivity contribution in [2.24, 2.45) is 7.05 Å². The molecule has 0 radical (unpaired) electrons. The van der Waals surface area contributed by atoms with Gasteiger partial charge in [0.1, 0.15) is 16.3 Å². The predicted octanol–water partition coefficient (Wildman–Crippen LogP) is 1.31. The lowest BCUT2D eigenvalue weighted by molar-refractivity contribution is 0.0842. The summed E-state index contributed by atoms with van der Waals surface area (Å²) in [6, 6.07) is 5.53. The normalized spacial score (nSPS) is 13.8. The van der Waals surface area contributed by atoms with Gasteiger partial charge in [0, 0.05) is 29.3 Å². The number of ether oxygens (including phenoxy) is 1. The highest BCUT2D eigenvalue weighted by Gasteiger charge is 2.30. The van der Waals surface area contributed by atoms with Gasteiger partial charge in [0.25, 0.3) is 11.8 Å². The average molecular weight is 471 g/mol. The van der Waals surface area contributed by atoms with Gasteiger partial charge in [-0.15, -0.1) is 0 Å². The van der Waals surface area contributed by atoms with E-state index in [1.807, 2.05) is 0 Å². The minimum Gasteiger partial charge on any atom is -0.495 e. The first-order valence-electron chi connectivity index (χ1n) is 8.34. The molecular weight excluding hydrogens is 452 g/mol. The molecule has 2 amide bonds. The zero-order chi connectivity index (χ0) is 20.5. The van der Waals surface area contributed by atoms with Crippen LogP contribution >= 0.6 is 15.9 Å². The maximum Gasteiger partial charge on any atom is 0.286 e. The van der Waals surface area contributed by atoms with Crippen LogP contribution in [-0.4, -0.2) is 38.0 Å². The Morgan fingerprint density at radius 2 is 1.86 bits per heavy atom. The van der Waals surface area contributed by atoms with E-state index in [1.54, 1.807) is 23.9 Å². The standard InChI is InChI=1S/C17H19BrN4O5S/c1-22-9-11(18)8-13(22)17(24)20-19-16(23)10-3-6-14(27-2)15(7-10)28(25,26)21-12-4-5-12/h3,6-9,12,21H,4-5H2,1-2H3,(H,19,23)(H,20,24). The van der Waals surface area contributed by atoms with Gasteiger partial charge in [0.2, 0.25) is 10.0 Å². The Bertz CT molecular complexity index is 1030. The number of aromatic nitrogens is 1. The first-order chi connectivity index (χ1) is 13.2. The number of hydrogen-bond donors (Lipinski definition) is 3. The summed E-state index contributed by atoms with van der Waals surface area (Å²) in [5, 5.41) is 0. The maximum absolute atomic E-state index is 12.5. The molecule has 28 heavy (non-hydrogen) atoms. The number of carbonyl (C=O) groups excluding carboxylic acids is 2. The second-order valence-corrected chi connectivity index (χ2v) is 8.92. The molecular formula is C17H19BrN4O5S. The second-order valence-electron chi connectivity index (χ2n) is 6.32. The van der Waals surface area contributed by atoms with E-state index in [4.69, 9.17) is 4.74 Å². The molecule has 0 saturated heterocycles. The van der Waals surface area contributed by atoms with Crippen LogP contribution in [0.3, 0.4) is 0 Å². The largest absolute Gasteiger partial charge is 0.495 e. The number of carbonyl (C=O) groups is 2. The van der Waals surface area contributed by atoms with Crippen LogP contribution in [0.2, 0.25) is 0 Å². The number of amides is 2. The molecule has 1 saturated carbocycles. The zero-order valence-corrected chi connectivity index (χ0v) is 17.6. The molecule has 0 spiro atoms. The zero-order valence-electron chi connectivity index (χ0n) is 15.2. The van der Waals surface area contributed by atoms with Crippen molar-refractivity contribution in [1.82, 2.24) is 20.1 Å². The van der Waals surface area contributed by atoms with Crippen molar-refractivity contribution < 1.29 is 22.7 Å². The van der Waals surface area contributed by atoms with E-state index >= 15 is 0 Å². The lowest BCUT2D eigenvalue weighted by Gasteiger charge is -2.13. The molecule has 9 nitrogen and oxygen atoms in total. The summed E-state index contributed by atoms with van der Waals surface area (Å²) < 4.78 is 35.0. The van der Waals surface area contributed by atoms with E-state index in [1.165, 1.54) is 25.3 Å². The van der Waals surface area contributed by atoms with Crippen molar-refractivity contribution in [2.45, 2.75) is 23.8 Å². The fraction of sp³-hybridized carbons (Fsp3) is 0.294. The van der Waals surface area contributed by atoms with Crippen molar-refractivity contribution in [3.05, 3.63) is 46.2 Å². The van der Waals surface area contributed by atoms with Crippen LogP contribution < -0.4 is 20.3 Å². The highest BCUT2D eigenvalue weighted by atomic mass is 79.9. The van der Waals surface area contributed by atoms with Gasteiger partial charge in [-0.05, 0) is 53.0 Å². The molecule has 1 aliphatic rings. The third kappa shape index (κ3) is 4.54. The predicted molar refractivity (Wildman–Crippen MR) is 104 cm³/mol. The second kappa shape index (κ2) is 7.94. The van der Waals surface area contributed by atoms with Gasteiger partial charge < -0.3 is 9.30 Å². The summed E-state index contributed by atoms with van der Waals surface area (Å²) in [5.41, 5.74) is 4.98. The fourth-order valence-electron chi connectivity index (χ4n) is 2.51. The number of nitrogens with zero attached hydrogens (tertiary/aromatic N) is 1. The summed E-state index contributed by atoms with van der Waals surface area (Å²) in [4.78, 5) is 24.4. The molecule has 3 N–H and O–H groups in total. The van der Waals surface area contributed by atoms with Crippen LogP contribution in [0.5, 0.6) is 5.75 Å². The van der Waals surface area contributed by atoms with Gasteiger partial charge in [-0.25, -0.2) is 13.1 Å². The molecule has 1 aromatic carbocycles. The minimum atomic E-state index is -3.82. The highest BCUT2D eigenvalue weighted by molar-refractivity contribution is 9.10. The van der Waals surface area contributed by atoms with Crippen molar-refractivity contribution in [3.63, 3.8) is 0 Å². The van der Waals surface area contributed by atoms with Crippen LogP contribution in [-0.2, 0) is 17.1 Å². The molecule has 0 atom stereocenters. The summed E-state index contributed by atoms with van der Waals surface area (Å²) in [6.07, 6.45) is 3.26. The van der Waals surface area contributed by atoms with Crippen molar-refractivity contribution in [3.8, 4) is 5.75 Å². The number of hydrazine groups is 1. The van der Waals surface area contributed by atoms with Crippen LogP contribution in [0.4, 0.5) is 0 Å². The SMILES string of the molecule is COc1ccc(C(=O)NNC(=O)c2cc(Br)cn2C)cc1S(=O)(=O)NC1CC1. The van der Waals surface area contributed by atoms with Crippen LogP contribution in [0, 0.1) is 0 Å². The smallest absolute Gasteiger partial charge is 0.286 e. The van der Waals surface area contributed by atoms with Gasteiger partial charge in [-0.2, -0.15) is 0 Å². The minimum absolute atomic E-state index is 0.0605.